The molecule has 0 bridgehead atoms. The molecule has 0 saturated heterocycles. The van der Waals surface area contributed by atoms with E-state index in [9.17, 15) is 9.90 Å². The summed E-state index contributed by atoms with van der Waals surface area (Å²) in [5.41, 5.74) is 2.71. The number of methoxy groups -OCH3 is 1. The fourth-order valence-corrected chi connectivity index (χ4v) is 2.99. The Morgan fingerprint density at radius 1 is 1.27 bits per heavy atom. The van der Waals surface area contributed by atoms with E-state index in [2.05, 4.69) is 4.98 Å². The zero-order valence-electron chi connectivity index (χ0n) is 11.4. The zero-order chi connectivity index (χ0) is 15.4. The summed E-state index contributed by atoms with van der Waals surface area (Å²) in [6.07, 6.45) is 0. The number of nitrogens with one attached hydrogen (secondary N) is 1. The number of hydrogen-bond donors (Lipinski definition) is 2. The molecule has 22 heavy (non-hydrogen) atoms. The van der Waals surface area contributed by atoms with Crippen molar-refractivity contribution in [1.82, 2.24) is 4.98 Å². The van der Waals surface area contributed by atoms with Crippen molar-refractivity contribution in [3.8, 4) is 5.75 Å². The predicted octanol–water partition coefficient (Wildman–Crippen LogP) is 4.43. The first-order valence-electron chi connectivity index (χ1n) is 6.54. The second kappa shape index (κ2) is 4.42. The topological polar surface area (TPSA) is 75.5 Å². The third kappa shape index (κ3) is 1.63. The monoisotopic (exact) mass is 315 g/mol. The molecule has 6 heteroatoms. The highest BCUT2D eigenvalue weighted by Crippen LogP contribution is 2.39. The van der Waals surface area contributed by atoms with E-state index in [1.807, 2.05) is 6.07 Å². The first-order chi connectivity index (χ1) is 10.6. The van der Waals surface area contributed by atoms with Crippen molar-refractivity contribution in [1.29, 1.82) is 0 Å². The number of carboxylic acid groups (broad SMARTS) is 1. The summed E-state index contributed by atoms with van der Waals surface area (Å²) in [6.45, 7) is 0. The van der Waals surface area contributed by atoms with Crippen LogP contribution >= 0.6 is 11.6 Å². The largest absolute Gasteiger partial charge is 0.495 e. The summed E-state index contributed by atoms with van der Waals surface area (Å²) in [6, 6.07) is 8.54. The molecule has 4 aromatic rings. The third-order valence-electron chi connectivity index (χ3n) is 3.75. The summed E-state index contributed by atoms with van der Waals surface area (Å²) >= 11 is 6.17. The van der Waals surface area contributed by atoms with Crippen LogP contribution in [0.5, 0.6) is 5.75 Å². The van der Waals surface area contributed by atoms with Crippen LogP contribution in [-0.2, 0) is 0 Å². The molecule has 0 aliphatic heterocycles. The normalized spacial score (nSPS) is 11.5. The molecule has 0 fully saturated rings. The number of carboxylic acids is 1. The molecule has 5 nitrogen and oxygen atoms in total. The van der Waals surface area contributed by atoms with E-state index in [1.165, 1.54) is 7.11 Å². The number of rotatable bonds is 2. The van der Waals surface area contributed by atoms with Gasteiger partial charge in [-0.3, -0.25) is 0 Å². The molecule has 4 rings (SSSR count). The van der Waals surface area contributed by atoms with Gasteiger partial charge in [0, 0.05) is 16.8 Å². The van der Waals surface area contributed by atoms with Gasteiger partial charge >= 0.3 is 5.97 Å². The van der Waals surface area contributed by atoms with Gasteiger partial charge in [0.2, 0.25) is 0 Å². The number of aromatic amines is 1. The Hall–Kier alpha value is -2.66. The summed E-state index contributed by atoms with van der Waals surface area (Å²) in [5, 5.41) is 11.3. The number of carbonyl (C=O) groups is 1. The standard InChI is InChI=1S/C16H10ClNO4/c1-21-12-6-11-9(5-10(12)17)14-15(22-11)7-3-2-4-8(16(19)20)13(7)18-14/h2-6,18H,1H3,(H,19,20). The minimum absolute atomic E-state index is 0.205. The van der Waals surface area contributed by atoms with Crippen molar-refractivity contribution in [3.63, 3.8) is 0 Å². The molecule has 2 N–H and O–H groups in total. The molecular formula is C16H10ClNO4. The second-order valence-corrected chi connectivity index (χ2v) is 5.35. The first kappa shape index (κ1) is 13.0. The number of H-pyrrole nitrogens is 1. The maximum Gasteiger partial charge on any atom is 0.337 e. The van der Waals surface area contributed by atoms with Crippen LogP contribution < -0.4 is 4.74 Å². The van der Waals surface area contributed by atoms with Gasteiger partial charge in [-0.15, -0.1) is 0 Å². The highest BCUT2D eigenvalue weighted by molar-refractivity contribution is 6.33. The van der Waals surface area contributed by atoms with Gasteiger partial charge in [0.25, 0.3) is 0 Å². The first-order valence-corrected chi connectivity index (χ1v) is 6.91. The van der Waals surface area contributed by atoms with E-state index in [-0.39, 0.29) is 5.56 Å². The van der Waals surface area contributed by atoms with E-state index in [0.29, 0.717) is 27.5 Å². The van der Waals surface area contributed by atoms with Crippen molar-refractivity contribution >= 4 is 50.5 Å². The Kier molecular flexibility index (Phi) is 2.62. The molecular weight excluding hydrogens is 306 g/mol. The Morgan fingerprint density at radius 3 is 2.82 bits per heavy atom. The van der Waals surface area contributed by atoms with E-state index < -0.39 is 5.97 Å². The molecule has 0 amide bonds. The molecule has 2 aromatic heterocycles. The molecule has 0 atom stereocenters. The number of aromatic carboxylic acids is 1. The molecule has 0 radical (unpaired) electrons. The molecule has 2 aromatic carbocycles. The van der Waals surface area contributed by atoms with E-state index >= 15 is 0 Å². The van der Waals surface area contributed by atoms with Gasteiger partial charge < -0.3 is 19.2 Å². The Morgan fingerprint density at radius 2 is 2.09 bits per heavy atom. The van der Waals surface area contributed by atoms with Gasteiger partial charge in [0.05, 0.1) is 28.7 Å². The van der Waals surface area contributed by atoms with Crippen LogP contribution in [0.2, 0.25) is 5.02 Å². The molecule has 110 valence electrons. The lowest BCUT2D eigenvalue weighted by Crippen LogP contribution is -1.96. The lowest BCUT2D eigenvalue weighted by molar-refractivity contribution is 0.0699. The number of benzene rings is 2. The maximum atomic E-state index is 11.3. The van der Waals surface area contributed by atoms with Gasteiger partial charge in [0.1, 0.15) is 11.3 Å². The minimum Gasteiger partial charge on any atom is -0.495 e. The van der Waals surface area contributed by atoms with E-state index in [4.69, 9.17) is 20.8 Å². The summed E-state index contributed by atoms with van der Waals surface area (Å²) < 4.78 is 11.1. The van der Waals surface area contributed by atoms with Crippen molar-refractivity contribution in [2.45, 2.75) is 0 Å². The summed E-state index contributed by atoms with van der Waals surface area (Å²) in [4.78, 5) is 14.5. The SMILES string of the molecule is COc1cc2oc3c4cccc(C(=O)O)c4[nH]c3c2cc1Cl. The summed E-state index contributed by atoms with van der Waals surface area (Å²) in [7, 11) is 1.54. The van der Waals surface area contributed by atoms with Gasteiger partial charge in [-0.05, 0) is 18.2 Å². The van der Waals surface area contributed by atoms with Crippen LogP contribution in [0.4, 0.5) is 0 Å². The fraction of sp³-hybridized carbons (Fsp3) is 0.0625. The van der Waals surface area contributed by atoms with Gasteiger partial charge in [-0.2, -0.15) is 0 Å². The smallest absolute Gasteiger partial charge is 0.337 e. The predicted molar refractivity (Wildman–Crippen MR) is 84.1 cm³/mol. The average Bonchev–Trinajstić information content (AvgIpc) is 3.02. The van der Waals surface area contributed by atoms with Crippen molar-refractivity contribution in [2.24, 2.45) is 0 Å². The number of hydrogen-bond acceptors (Lipinski definition) is 3. The summed E-state index contributed by atoms with van der Waals surface area (Å²) in [5.74, 6) is -0.459. The molecule has 0 spiro atoms. The number of ether oxygens (including phenoxy) is 1. The van der Waals surface area contributed by atoms with Crippen LogP contribution in [0.15, 0.2) is 34.7 Å². The lowest BCUT2D eigenvalue weighted by atomic mass is 10.1. The van der Waals surface area contributed by atoms with Crippen LogP contribution in [0.25, 0.3) is 33.0 Å². The number of fused-ring (bicyclic) bond motifs is 5. The van der Waals surface area contributed by atoms with Crippen LogP contribution in [0, 0.1) is 0 Å². The Balaban J connectivity index is 2.15. The molecule has 0 saturated carbocycles. The number of para-hydroxylation sites is 1. The molecule has 0 aliphatic carbocycles. The highest BCUT2D eigenvalue weighted by atomic mass is 35.5. The van der Waals surface area contributed by atoms with Crippen LogP contribution in [0.1, 0.15) is 10.4 Å². The average molecular weight is 316 g/mol. The Labute approximate surface area is 129 Å². The third-order valence-corrected chi connectivity index (χ3v) is 4.05. The quantitative estimate of drug-likeness (QED) is 0.574. The van der Waals surface area contributed by atoms with Crippen molar-refractivity contribution in [2.75, 3.05) is 7.11 Å². The van der Waals surface area contributed by atoms with Crippen molar-refractivity contribution < 1.29 is 19.1 Å². The number of aromatic nitrogens is 1. The van der Waals surface area contributed by atoms with Gasteiger partial charge in [-0.1, -0.05) is 17.7 Å². The maximum absolute atomic E-state index is 11.3. The highest BCUT2D eigenvalue weighted by Gasteiger charge is 2.18. The fourth-order valence-electron chi connectivity index (χ4n) is 2.75. The Bertz CT molecular complexity index is 1060. The van der Waals surface area contributed by atoms with Crippen LogP contribution in [0.3, 0.4) is 0 Å². The lowest BCUT2D eigenvalue weighted by Gasteiger charge is -2.01. The van der Waals surface area contributed by atoms with Gasteiger partial charge in [-0.25, -0.2) is 4.79 Å². The molecule has 0 aliphatic rings. The zero-order valence-corrected chi connectivity index (χ0v) is 12.2. The number of furan rings is 1. The van der Waals surface area contributed by atoms with Crippen LogP contribution in [-0.4, -0.2) is 23.2 Å². The second-order valence-electron chi connectivity index (χ2n) is 4.95. The van der Waals surface area contributed by atoms with Gasteiger partial charge in [0.15, 0.2) is 5.58 Å². The number of halogens is 1. The minimum atomic E-state index is -0.987. The van der Waals surface area contributed by atoms with E-state index in [1.54, 1.807) is 24.3 Å². The van der Waals surface area contributed by atoms with Crippen molar-refractivity contribution in [3.05, 3.63) is 40.9 Å². The molecule has 2 heterocycles. The van der Waals surface area contributed by atoms with E-state index in [0.717, 1.165) is 16.3 Å². The molecule has 0 unspecified atom stereocenters.